The van der Waals surface area contributed by atoms with E-state index in [9.17, 15) is 31.1 Å². The molecule has 0 saturated heterocycles. The Morgan fingerprint density at radius 3 is 2.62 bits per heavy atom. The smallest absolute Gasteiger partial charge is 0.382 e. The van der Waals surface area contributed by atoms with Crippen molar-refractivity contribution in [1.82, 2.24) is 19.1 Å². The number of hydrogen-bond donors (Lipinski definition) is 1. The maximum atomic E-state index is 13.4. The summed E-state index contributed by atoms with van der Waals surface area (Å²) in [5.41, 5.74) is 3.36. The van der Waals surface area contributed by atoms with Crippen LogP contribution in [0.5, 0.6) is 0 Å². The minimum Gasteiger partial charge on any atom is -0.382 e. The Kier molecular flexibility index (Phi) is 7.15. The first-order chi connectivity index (χ1) is 18.4. The third-order valence-electron chi connectivity index (χ3n) is 7.87. The van der Waals surface area contributed by atoms with Crippen molar-refractivity contribution in [3.8, 4) is 5.69 Å². The third kappa shape index (κ3) is 5.50. The second-order valence-electron chi connectivity index (χ2n) is 10.4. The summed E-state index contributed by atoms with van der Waals surface area (Å²) in [4.78, 5) is 3.90. The molecule has 1 unspecified atom stereocenters. The Bertz CT molecular complexity index is 1470. The van der Waals surface area contributed by atoms with Crippen molar-refractivity contribution < 1.29 is 31.1 Å². The quantitative estimate of drug-likeness (QED) is 0.407. The lowest BCUT2D eigenvalue weighted by atomic mass is 9.70. The van der Waals surface area contributed by atoms with Crippen molar-refractivity contribution >= 4 is 16.1 Å². The second kappa shape index (κ2) is 10.1. The zero-order valence-corrected chi connectivity index (χ0v) is 22.0. The zero-order chi connectivity index (χ0) is 28.0. The molecule has 1 N–H and O–H groups in total. The van der Waals surface area contributed by atoms with Gasteiger partial charge in [0.25, 0.3) is 0 Å². The SMILES string of the molecule is C[C@]12Cc3cnn(-c4ccc(F)cc4)c3C=C1CC[C@@H]2CN(CC(O)C(F)(F)F)S(=O)(=O)Cc1cccnc1. The highest BCUT2D eigenvalue weighted by molar-refractivity contribution is 7.88. The fraction of sp³-hybridized carbons (Fsp3) is 0.407. The van der Waals surface area contributed by atoms with Crippen LogP contribution in [-0.4, -0.2) is 58.0 Å². The van der Waals surface area contributed by atoms with E-state index in [1.165, 1.54) is 24.5 Å². The molecule has 7 nitrogen and oxygen atoms in total. The van der Waals surface area contributed by atoms with Crippen LogP contribution >= 0.6 is 0 Å². The molecule has 208 valence electrons. The van der Waals surface area contributed by atoms with Crippen LogP contribution in [0.4, 0.5) is 17.6 Å². The molecule has 2 heterocycles. The predicted molar refractivity (Wildman–Crippen MR) is 137 cm³/mol. The van der Waals surface area contributed by atoms with Crippen molar-refractivity contribution in [1.29, 1.82) is 0 Å². The maximum absolute atomic E-state index is 13.4. The fourth-order valence-electron chi connectivity index (χ4n) is 5.64. The van der Waals surface area contributed by atoms with E-state index in [1.54, 1.807) is 35.1 Å². The number of benzene rings is 1. The lowest BCUT2D eigenvalue weighted by Gasteiger charge is -2.38. The monoisotopic (exact) mass is 564 g/mol. The van der Waals surface area contributed by atoms with E-state index in [2.05, 4.69) is 10.1 Å². The summed E-state index contributed by atoms with van der Waals surface area (Å²) in [6.07, 6.45) is 0.548. The van der Waals surface area contributed by atoms with E-state index in [0.29, 0.717) is 30.5 Å². The molecular weight excluding hydrogens is 536 g/mol. The Hall–Kier alpha value is -3.09. The molecule has 2 aliphatic carbocycles. The Morgan fingerprint density at radius 1 is 1.21 bits per heavy atom. The van der Waals surface area contributed by atoms with E-state index >= 15 is 0 Å². The molecule has 2 aromatic heterocycles. The van der Waals surface area contributed by atoms with Crippen molar-refractivity contribution in [2.24, 2.45) is 11.3 Å². The highest BCUT2D eigenvalue weighted by atomic mass is 32.2. The van der Waals surface area contributed by atoms with Gasteiger partial charge >= 0.3 is 6.18 Å². The molecule has 3 aromatic rings. The zero-order valence-electron chi connectivity index (χ0n) is 21.1. The summed E-state index contributed by atoms with van der Waals surface area (Å²) >= 11 is 0. The molecule has 0 radical (unpaired) electrons. The van der Waals surface area contributed by atoms with Gasteiger partial charge in [-0.25, -0.2) is 17.5 Å². The van der Waals surface area contributed by atoms with Crippen LogP contribution in [0.2, 0.25) is 0 Å². The molecule has 39 heavy (non-hydrogen) atoms. The van der Waals surface area contributed by atoms with E-state index in [1.807, 2.05) is 13.0 Å². The van der Waals surface area contributed by atoms with Crippen LogP contribution in [-0.2, 0) is 22.2 Å². The second-order valence-corrected chi connectivity index (χ2v) is 12.4. The number of fused-ring (bicyclic) bond motifs is 2. The maximum Gasteiger partial charge on any atom is 0.415 e. The number of alkyl halides is 3. The van der Waals surface area contributed by atoms with Crippen LogP contribution in [0.25, 0.3) is 11.8 Å². The number of pyridine rings is 1. The number of allylic oxidation sites excluding steroid dienone is 1. The Labute approximate surface area is 223 Å². The van der Waals surface area contributed by atoms with Crippen LogP contribution in [0.3, 0.4) is 0 Å². The molecule has 12 heteroatoms. The van der Waals surface area contributed by atoms with Gasteiger partial charge in [0.15, 0.2) is 6.10 Å². The van der Waals surface area contributed by atoms with Crippen molar-refractivity contribution in [2.45, 2.75) is 44.2 Å². The predicted octanol–water partition coefficient (Wildman–Crippen LogP) is 4.52. The highest BCUT2D eigenvalue weighted by Gasteiger charge is 2.48. The molecule has 0 aliphatic heterocycles. The van der Waals surface area contributed by atoms with Gasteiger partial charge in [-0.1, -0.05) is 18.6 Å². The van der Waals surface area contributed by atoms with Gasteiger partial charge in [0.05, 0.1) is 23.3 Å². The summed E-state index contributed by atoms with van der Waals surface area (Å²) in [6, 6.07) is 9.06. The minimum absolute atomic E-state index is 0.162. The first kappa shape index (κ1) is 27.5. The summed E-state index contributed by atoms with van der Waals surface area (Å²) in [5, 5.41) is 14.3. The molecule has 3 atom stereocenters. The number of sulfonamides is 1. The van der Waals surface area contributed by atoms with Gasteiger partial charge in [0.2, 0.25) is 10.0 Å². The number of aliphatic hydroxyl groups excluding tert-OH is 1. The molecular formula is C27H28F4N4O3S. The molecule has 0 spiro atoms. The van der Waals surface area contributed by atoms with E-state index in [4.69, 9.17) is 0 Å². The average molecular weight is 565 g/mol. The lowest BCUT2D eigenvalue weighted by Crippen LogP contribution is -2.47. The minimum atomic E-state index is -4.96. The number of aliphatic hydroxyl groups is 1. The van der Waals surface area contributed by atoms with Crippen LogP contribution < -0.4 is 0 Å². The highest BCUT2D eigenvalue weighted by Crippen LogP contribution is 2.53. The first-order valence-corrected chi connectivity index (χ1v) is 14.1. The normalized spacial score (nSPS) is 21.9. The summed E-state index contributed by atoms with van der Waals surface area (Å²) < 4.78 is 82.5. The van der Waals surface area contributed by atoms with Gasteiger partial charge < -0.3 is 5.11 Å². The van der Waals surface area contributed by atoms with Crippen LogP contribution in [0.15, 0.2) is 60.6 Å². The van der Waals surface area contributed by atoms with Crippen molar-refractivity contribution in [2.75, 3.05) is 13.1 Å². The van der Waals surface area contributed by atoms with Crippen molar-refractivity contribution in [3.05, 3.63) is 83.2 Å². The topological polar surface area (TPSA) is 88.3 Å². The molecule has 1 saturated carbocycles. The molecule has 0 bridgehead atoms. The fourth-order valence-corrected chi connectivity index (χ4v) is 7.19. The van der Waals surface area contributed by atoms with Gasteiger partial charge in [-0.2, -0.15) is 22.6 Å². The summed E-state index contributed by atoms with van der Waals surface area (Å²) in [7, 11) is -4.21. The number of hydrogen-bond acceptors (Lipinski definition) is 5. The molecule has 1 aromatic carbocycles. The van der Waals surface area contributed by atoms with Gasteiger partial charge in [0, 0.05) is 25.5 Å². The summed E-state index contributed by atoms with van der Waals surface area (Å²) in [6.45, 7) is 0.761. The number of nitrogens with zero attached hydrogens (tertiary/aromatic N) is 4. The lowest BCUT2D eigenvalue weighted by molar-refractivity contribution is -0.205. The van der Waals surface area contributed by atoms with Crippen LogP contribution in [0, 0.1) is 17.2 Å². The third-order valence-corrected chi connectivity index (χ3v) is 9.65. The molecule has 2 aliphatic rings. The van der Waals surface area contributed by atoms with E-state index in [-0.39, 0.29) is 18.3 Å². The van der Waals surface area contributed by atoms with E-state index in [0.717, 1.165) is 21.1 Å². The summed E-state index contributed by atoms with van der Waals surface area (Å²) in [5.74, 6) is -1.16. The average Bonchev–Trinajstić information content (AvgIpc) is 3.41. The van der Waals surface area contributed by atoms with E-state index < -0.39 is 40.0 Å². The first-order valence-electron chi connectivity index (χ1n) is 12.5. The molecule has 0 amide bonds. The van der Waals surface area contributed by atoms with Gasteiger partial charge in [0.1, 0.15) is 5.82 Å². The number of aromatic nitrogens is 3. The molecule has 5 rings (SSSR count). The largest absolute Gasteiger partial charge is 0.415 e. The van der Waals surface area contributed by atoms with Gasteiger partial charge in [-0.15, -0.1) is 0 Å². The number of rotatable bonds is 8. The standard InChI is InChI=1S/C27H28F4N4O3S/c1-26-12-19-14-33-35(23-8-6-22(28)7-9-23)24(19)11-20(26)4-5-21(26)15-34(16-25(36)27(29,30)31)39(37,38)17-18-3-2-10-32-13-18/h2-3,6-11,13-14,21,25,36H,4-5,12,15-17H2,1H3/t21-,25?,26+/m1/s1. The number of halogens is 4. The Morgan fingerprint density at radius 2 is 1.95 bits per heavy atom. The van der Waals surface area contributed by atoms with Crippen molar-refractivity contribution in [3.63, 3.8) is 0 Å². The van der Waals surface area contributed by atoms with Crippen LogP contribution in [0.1, 0.15) is 36.6 Å². The Balaban J connectivity index is 1.42. The van der Waals surface area contributed by atoms with Gasteiger partial charge in [-0.3, -0.25) is 4.98 Å². The molecule has 1 fully saturated rings. The van der Waals surface area contributed by atoms with Gasteiger partial charge in [-0.05, 0) is 78.1 Å².